The maximum absolute atomic E-state index is 12.2. The molecule has 2 rings (SSSR count). The average molecular weight is 249 g/mol. The number of hydrogen-bond donors (Lipinski definition) is 1. The van der Waals surface area contributed by atoms with Gasteiger partial charge in [0.15, 0.2) is 0 Å². The van der Waals surface area contributed by atoms with Crippen LogP contribution in [0.2, 0.25) is 0 Å². The first-order valence-corrected chi connectivity index (χ1v) is 6.80. The smallest absolute Gasteiger partial charge is 0.255 e. The van der Waals surface area contributed by atoms with Crippen LogP contribution in [0.5, 0.6) is 0 Å². The van der Waals surface area contributed by atoms with Crippen LogP contribution in [-0.4, -0.2) is 53.9 Å². The molecule has 1 N–H and O–H groups in total. The van der Waals surface area contributed by atoms with Crippen LogP contribution in [0.4, 0.5) is 0 Å². The standard InChI is InChI=1S/C14H23N3O/c1-12-13(6-7-15-12)14(18)16(2)10-11-17-8-4-3-5-9-17/h6-7,15H,3-5,8-11H2,1-2H3. The first-order chi connectivity index (χ1) is 8.68. The number of hydrogen-bond acceptors (Lipinski definition) is 2. The molecule has 0 atom stereocenters. The van der Waals surface area contributed by atoms with E-state index >= 15 is 0 Å². The number of piperidine rings is 1. The van der Waals surface area contributed by atoms with Gasteiger partial charge in [-0.25, -0.2) is 0 Å². The first kappa shape index (κ1) is 13.1. The van der Waals surface area contributed by atoms with Crippen molar-refractivity contribution in [3.63, 3.8) is 0 Å². The van der Waals surface area contributed by atoms with Crippen molar-refractivity contribution in [1.29, 1.82) is 0 Å². The predicted octanol–water partition coefficient (Wildman–Crippen LogP) is 1.88. The molecule has 18 heavy (non-hydrogen) atoms. The molecule has 0 spiro atoms. The van der Waals surface area contributed by atoms with Crippen LogP contribution in [-0.2, 0) is 0 Å². The molecule has 4 nitrogen and oxygen atoms in total. The molecule has 1 aliphatic rings. The quantitative estimate of drug-likeness (QED) is 0.885. The molecule has 1 aromatic rings. The maximum Gasteiger partial charge on any atom is 0.255 e. The molecular weight excluding hydrogens is 226 g/mol. The molecule has 1 saturated heterocycles. The molecule has 0 aromatic carbocycles. The largest absolute Gasteiger partial charge is 0.365 e. The van der Waals surface area contributed by atoms with Gasteiger partial charge in [-0.05, 0) is 38.9 Å². The molecule has 4 heteroatoms. The highest BCUT2D eigenvalue weighted by atomic mass is 16.2. The van der Waals surface area contributed by atoms with Crippen LogP contribution in [0, 0.1) is 6.92 Å². The summed E-state index contributed by atoms with van der Waals surface area (Å²) >= 11 is 0. The number of likely N-dealkylation sites (tertiary alicyclic amines) is 1. The second kappa shape index (κ2) is 6.05. The number of amides is 1. The van der Waals surface area contributed by atoms with Gasteiger partial charge in [0.2, 0.25) is 0 Å². The van der Waals surface area contributed by atoms with Crippen LogP contribution < -0.4 is 0 Å². The summed E-state index contributed by atoms with van der Waals surface area (Å²) in [5, 5.41) is 0. The van der Waals surface area contributed by atoms with Crippen molar-refractivity contribution in [2.75, 3.05) is 33.2 Å². The fourth-order valence-corrected chi connectivity index (χ4v) is 2.47. The van der Waals surface area contributed by atoms with Crippen molar-refractivity contribution < 1.29 is 4.79 Å². The zero-order valence-corrected chi connectivity index (χ0v) is 11.4. The number of nitrogens with zero attached hydrogens (tertiary/aromatic N) is 2. The van der Waals surface area contributed by atoms with Crippen molar-refractivity contribution in [2.24, 2.45) is 0 Å². The molecule has 0 radical (unpaired) electrons. The Hall–Kier alpha value is -1.29. The van der Waals surface area contributed by atoms with E-state index in [1.54, 1.807) is 0 Å². The molecule has 0 aliphatic carbocycles. The van der Waals surface area contributed by atoms with E-state index in [1.807, 2.05) is 31.1 Å². The minimum absolute atomic E-state index is 0.116. The molecule has 0 saturated carbocycles. The van der Waals surface area contributed by atoms with Gasteiger partial charge >= 0.3 is 0 Å². The summed E-state index contributed by atoms with van der Waals surface area (Å²) in [6.45, 7) is 6.11. The van der Waals surface area contributed by atoms with E-state index in [9.17, 15) is 4.79 Å². The highest BCUT2D eigenvalue weighted by Gasteiger charge is 2.16. The predicted molar refractivity (Wildman–Crippen MR) is 72.8 cm³/mol. The summed E-state index contributed by atoms with van der Waals surface area (Å²) in [4.78, 5) is 19.5. The lowest BCUT2D eigenvalue weighted by Crippen LogP contribution is -2.38. The fourth-order valence-electron chi connectivity index (χ4n) is 2.47. The Morgan fingerprint density at radius 2 is 2.11 bits per heavy atom. The van der Waals surface area contributed by atoms with E-state index in [0.717, 1.165) is 24.3 Å². The summed E-state index contributed by atoms with van der Waals surface area (Å²) < 4.78 is 0. The Bertz CT molecular complexity index is 393. The first-order valence-electron chi connectivity index (χ1n) is 6.80. The van der Waals surface area contributed by atoms with Gasteiger partial charge < -0.3 is 14.8 Å². The third-order valence-corrected chi connectivity index (χ3v) is 3.73. The number of carbonyl (C=O) groups excluding carboxylic acids is 1. The lowest BCUT2D eigenvalue weighted by Gasteiger charge is -2.28. The normalized spacial score (nSPS) is 16.8. The second-order valence-corrected chi connectivity index (χ2v) is 5.15. The fraction of sp³-hybridized carbons (Fsp3) is 0.643. The van der Waals surface area contributed by atoms with Crippen LogP contribution in [0.25, 0.3) is 0 Å². The molecule has 1 aromatic heterocycles. The molecule has 0 unspecified atom stereocenters. The molecule has 1 amide bonds. The number of aromatic amines is 1. The number of nitrogens with one attached hydrogen (secondary N) is 1. The minimum atomic E-state index is 0.116. The van der Waals surface area contributed by atoms with Crippen LogP contribution in [0.15, 0.2) is 12.3 Å². The Morgan fingerprint density at radius 3 is 2.72 bits per heavy atom. The Balaban J connectivity index is 1.82. The van der Waals surface area contributed by atoms with E-state index in [4.69, 9.17) is 0 Å². The van der Waals surface area contributed by atoms with Crippen molar-refractivity contribution in [2.45, 2.75) is 26.2 Å². The topological polar surface area (TPSA) is 39.3 Å². The van der Waals surface area contributed by atoms with Gasteiger partial charge in [0.05, 0.1) is 5.56 Å². The molecule has 1 fully saturated rings. The summed E-state index contributed by atoms with van der Waals surface area (Å²) in [5.74, 6) is 0.116. The van der Waals surface area contributed by atoms with Crippen LogP contribution in [0.3, 0.4) is 0 Å². The van der Waals surface area contributed by atoms with Gasteiger partial charge in [0, 0.05) is 32.0 Å². The van der Waals surface area contributed by atoms with Crippen molar-refractivity contribution in [1.82, 2.24) is 14.8 Å². The van der Waals surface area contributed by atoms with Crippen molar-refractivity contribution in [3.8, 4) is 0 Å². The monoisotopic (exact) mass is 249 g/mol. The zero-order valence-electron chi connectivity index (χ0n) is 11.4. The minimum Gasteiger partial charge on any atom is -0.365 e. The van der Waals surface area contributed by atoms with Gasteiger partial charge in [-0.3, -0.25) is 4.79 Å². The molecular formula is C14H23N3O. The van der Waals surface area contributed by atoms with Gasteiger partial charge in [-0.15, -0.1) is 0 Å². The van der Waals surface area contributed by atoms with E-state index in [-0.39, 0.29) is 5.91 Å². The third-order valence-electron chi connectivity index (χ3n) is 3.73. The van der Waals surface area contributed by atoms with Gasteiger partial charge in [-0.1, -0.05) is 6.42 Å². The lowest BCUT2D eigenvalue weighted by atomic mass is 10.1. The summed E-state index contributed by atoms with van der Waals surface area (Å²) in [5.41, 5.74) is 1.74. The highest BCUT2D eigenvalue weighted by Crippen LogP contribution is 2.10. The van der Waals surface area contributed by atoms with Crippen LogP contribution >= 0.6 is 0 Å². The summed E-state index contributed by atoms with van der Waals surface area (Å²) in [6.07, 6.45) is 5.78. The number of H-pyrrole nitrogens is 1. The number of aromatic nitrogens is 1. The van der Waals surface area contributed by atoms with E-state index < -0.39 is 0 Å². The SMILES string of the molecule is Cc1[nH]ccc1C(=O)N(C)CCN1CCCCC1. The molecule has 100 valence electrons. The number of rotatable bonds is 4. The van der Waals surface area contributed by atoms with Gasteiger partial charge in [0.1, 0.15) is 0 Å². The Kier molecular flexibility index (Phi) is 4.42. The summed E-state index contributed by atoms with van der Waals surface area (Å²) in [6, 6.07) is 1.86. The second-order valence-electron chi connectivity index (χ2n) is 5.15. The molecule has 0 bridgehead atoms. The van der Waals surface area contributed by atoms with E-state index in [1.165, 1.54) is 32.4 Å². The average Bonchev–Trinajstić information content (AvgIpc) is 2.82. The number of carbonyl (C=O) groups is 1. The van der Waals surface area contributed by atoms with Crippen molar-refractivity contribution in [3.05, 3.63) is 23.5 Å². The molecule has 1 aliphatic heterocycles. The van der Waals surface area contributed by atoms with Crippen LogP contribution in [0.1, 0.15) is 35.3 Å². The van der Waals surface area contributed by atoms with E-state index in [2.05, 4.69) is 9.88 Å². The maximum atomic E-state index is 12.2. The third kappa shape index (κ3) is 3.13. The van der Waals surface area contributed by atoms with Gasteiger partial charge in [-0.2, -0.15) is 0 Å². The Labute approximate surface area is 109 Å². The number of aryl methyl sites for hydroxylation is 1. The number of likely N-dealkylation sites (N-methyl/N-ethyl adjacent to an activating group) is 1. The molecule has 2 heterocycles. The summed E-state index contributed by atoms with van der Waals surface area (Å²) in [7, 11) is 1.89. The van der Waals surface area contributed by atoms with Crippen molar-refractivity contribution >= 4 is 5.91 Å². The Morgan fingerprint density at radius 1 is 1.39 bits per heavy atom. The van der Waals surface area contributed by atoms with E-state index in [0.29, 0.717) is 0 Å². The lowest BCUT2D eigenvalue weighted by molar-refractivity contribution is 0.0772. The highest BCUT2D eigenvalue weighted by molar-refractivity contribution is 5.95. The zero-order chi connectivity index (χ0) is 13.0. The van der Waals surface area contributed by atoms with Gasteiger partial charge in [0.25, 0.3) is 5.91 Å².